The van der Waals surface area contributed by atoms with Crippen molar-refractivity contribution in [3.63, 3.8) is 0 Å². The summed E-state index contributed by atoms with van der Waals surface area (Å²) >= 11 is 0. The first-order valence-corrected chi connectivity index (χ1v) is 7.11. The van der Waals surface area contributed by atoms with Crippen molar-refractivity contribution in [3.05, 3.63) is 47.8 Å². The van der Waals surface area contributed by atoms with Crippen molar-refractivity contribution in [2.45, 2.75) is 12.5 Å². The summed E-state index contributed by atoms with van der Waals surface area (Å²) in [5.41, 5.74) is 2.90. The molecule has 0 saturated carbocycles. The van der Waals surface area contributed by atoms with Gasteiger partial charge in [0, 0.05) is 12.1 Å². The lowest BCUT2D eigenvalue weighted by Gasteiger charge is -2.16. The first-order chi connectivity index (χ1) is 12.0. The van der Waals surface area contributed by atoms with E-state index in [0.717, 1.165) is 30.3 Å². The SMILES string of the molecule is Cl.NCCOc1ccc(-c2cccc(C(F)(F)F)c2F)cc1OC(F)(F)F. The van der Waals surface area contributed by atoms with Crippen molar-refractivity contribution in [1.29, 1.82) is 0 Å². The van der Waals surface area contributed by atoms with E-state index in [1.165, 1.54) is 0 Å². The summed E-state index contributed by atoms with van der Waals surface area (Å²) in [4.78, 5) is 0. The van der Waals surface area contributed by atoms with Gasteiger partial charge in [0.2, 0.25) is 0 Å². The highest BCUT2D eigenvalue weighted by molar-refractivity contribution is 5.85. The molecule has 11 heteroatoms. The molecule has 3 nitrogen and oxygen atoms in total. The van der Waals surface area contributed by atoms with Gasteiger partial charge in [0.05, 0.1) is 5.56 Å². The first kappa shape index (κ1) is 22.8. The second kappa shape index (κ2) is 8.66. The highest BCUT2D eigenvalue weighted by atomic mass is 35.5. The Morgan fingerprint density at radius 2 is 1.59 bits per heavy atom. The normalized spacial score (nSPS) is 11.7. The predicted molar refractivity (Wildman–Crippen MR) is 85.3 cm³/mol. The average molecular weight is 420 g/mol. The second-order valence-corrected chi connectivity index (χ2v) is 5.01. The number of hydrogen-bond donors (Lipinski definition) is 1. The molecule has 0 spiro atoms. The van der Waals surface area contributed by atoms with Crippen LogP contribution in [0.2, 0.25) is 0 Å². The van der Waals surface area contributed by atoms with Crippen LogP contribution in [0.15, 0.2) is 36.4 Å². The summed E-state index contributed by atoms with van der Waals surface area (Å²) in [5, 5.41) is 0. The lowest BCUT2D eigenvalue weighted by molar-refractivity contribution is -0.275. The van der Waals surface area contributed by atoms with Crippen LogP contribution in [0.3, 0.4) is 0 Å². The lowest BCUT2D eigenvalue weighted by atomic mass is 10.0. The fourth-order valence-electron chi connectivity index (χ4n) is 2.14. The molecule has 0 fully saturated rings. The van der Waals surface area contributed by atoms with Gasteiger partial charge < -0.3 is 15.2 Å². The second-order valence-electron chi connectivity index (χ2n) is 5.01. The number of ether oxygens (including phenoxy) is 2. The van der Waals surface area contributed by atoms with Crippen molar-refractivity contribution >= 4 is 12.4 Å². The predicted octanol–water partition coefficient (Wildman–Crippen LogP) is 5.17. The number of nitrogens with two attached hydrogens (primary N) is 1. The fourth-order valence-corrected chi connectivity index (χ4v) is 2.14. The van der Waals surface area contributed by atoms with Crippen LogP contribution in [-0.4, -0.2) is 19.5 Å². The number of rotatable bonds is 5. The van der Waals surface area contributed by atoms with E-state index in [4.69, 9.17) is 10.5 Å². The van der Waals surface area contributed by atoms with Crippen molar-refractivity contribution in [3.8, 4) is 22.6 Å². The smallest absolute Gasteiger partial charge is 0.488 e. The van der Waals surface area contributed by atoms with E-state index in [0.29, 0.717) is 6.07 Å². The van der Waals surface area contributed by atoms with Gasteiger partial charge >= 0.3 is 12.5 Å². The minimum absolute atomic E-state index is 0. The molecule has 27 heavy (non-hydrogen) atoms. The third-order valence-corrected chi connectivity index (χ3v) is 3.16. The molecule has 0 saturated heterocycles. The van der Waals surface area contributed by atoms with E-state index in [2.05, 4.69) is 4.74 Å². The van der Waals surface area contributed by atoms with Gasteiger partial charge in [0.25, 0.3) is 0 Å². The topological polar surface area (TPSA) is 44.5 Å². The number of hydrogen-bond acceptors (Lipinski definition) is 3. The van der Waals surface area contributed by atoms with Crippen LogP contribution >= 0.6 is 12.4 Å². The van der Waals surface area contributed by atoms with Crippen molar-refractivity contribution in [2.24, 2.45) is 5.73 Å². The summed E-state index contributed by atoms with van der Waals surface area (Å²) in [6, 6.07) is 5.39. The van der Waals surface area contributed by atoms with Gasteiger partial charge in [0.1, 0.15) is 12.4 Å². The maximum absolute atomic E-state index is 14.2. The van der Waals surface area contributed by atoms with E-state index in [1.54, 1.807) is 0 Å². The minimum atomic E-state index is -5.08. The summed E-state index contributed by atoms with van der Waals surface area (Å²) in [7, 11) is 0. The molecule has 0 bridgehead atoms. The van der Waals surface area contributed by atoms with Crippen LogP contribution < -0.4 is 15.2 Å². The molecule has 2 aromatic rings. The van der Waals surface area contributed by atoms with Gasteiger partial charge in [-0.15, -0.1) is 25.6 Å². The van der Waals surface area contributed by atoms with Crippen LogP contribution in [0.25, 0.3) is 11.1 Å². The van der Waals surface area contributed by atoms with E-state index in [1.807, 2.05) is 0 Å². The Balaban J connectivity index is 0.00000364. The molecular weight excluding hydrogens is 407 g/mol. The molecule has 0 amide bonds. The fraction of sp³-hybridized carbons (Fsp3) is 0.250. The Kier molecular flexibility index (Phi) is 7.32. The highest BCUT2D eigenvalue weighted by Crippen LogP contribution is 2.39. The van der Waals surface area contributed by atoms with E-state index in [-0.39, 0.29) is 36.9 Å². The van der Waals surface area contributed by atoms with Crippen LogP contribution in [0.1, 0.15) is 5.56 Å². The van der Waals surface area contributed by atoms with Crippen LogP contribution in [0.4, 0.5) is 30.7 Å². The molecule has 0 aliphatic rings. The van der Waals surface area contributed by atoms with Gasteiger partial charge in [-0.05, 0) is 23.8 Å². The molecule has 2 N–H and O–H groups in total. The summed E-state index contributed by atoms with van der Waals surface area (Å²) in [6.07, 6.45) is -10.0. The van der Waals surface area contributed by atoms with E-state index in [9.17, 15) is 30.7 Å². The molecule has 0 heterocycles. The zero-order valence-corrected chi connectivity index (χ0v) is 14.1. The summed E-state index contributed by atoms with van der Waals surface area (Å²) in [5.74, 6) is -2.75. The number of alkyl halides is 6. The summed E-state index contributed by atoms with van der Waals surface area (Å²) in [6.45, 7) is -0.110. The molecular formula is C16H13ClF7NO2. The Labute approximate surface area is 155 Å². The van der Waals surface area contributed by atoms with Crippen molar-refractivity contribution in [1.82, 2.24) is 0 Å². The van der Waals surface area contributed by atoms with Crippen LogP contribution in [0, 0.1) is 5.82 Å². The molecule has 0 unspecified atom stereocenters. The third-order valence-electron chi connectivity index (χ3n) is 3.16. The molecule has 2 rings (SSSR count). The highest BCUT2D eigenvalue weighted by Gasteiger charge is 2.35. The maximum Gasteiger partial charge on any atom is 0.573 e. The Bertz CT molecular complexity index is 778. The molecule has 0 atom stereocenters. The molecule has 0 aliphatic heterocycles. The average Bonchev–Trinajstić information content (AvgIpc) is 2.51. The van der Waals surface area contributed by atoms with E-state index >= 15 is 0 Å². The zero-order chi connectivity index (χ0) is 19.5. The number of benzene rings is 2. The van der Waals surface area contributed by atoms with E-state index < -0.39 is 35.2 Å². The lowest BCUT2D eigenvalue weighted by Crippen LogP contribution is -2.18. The Morgan fingerprint density at radius 3 is 2.15 bits per heavy atom. The maximum atomic E-state index is 14.2. The quantitative estimate of drug-likeness (QED) is 0.680. The van der Waals surface area contributed by atoms with Gasteiger partial charge in [-0.3, -0.25) is 0 Å². The third kappa shape index (κ3) is 5.90. The standard InChI is InChI=1S/C16H12F7NO2.ClH/c17-14-10(2-1-3-11(14)15(18,19)20)9-4-5-12(25-7-6-24)13(8-9)26-16(21,22)23;/h1-5,8H,6-7,24H2;1H. The van der Waals surface area contributed by atoms with Gasteiger partial charge in [-0.1, -0.05) is 18.2 Å². The molecule has 0 aromatic heterocycles. The minimum Gasteiger partial charge on any atom is -0.488 e. The monoisotopic (exact) mass is 419 g/mol. The van der Waals surface area contributed by atoms with Gasteiger partial charge in [-0.25, -0.2) is 4.39 Å². The summed E-state index contributed by atoms with van der Waals surface area (Å²) < 4.78 is 99.1. The number of halogens is 8. The van der Waals surface area contributed by atoms with Crippen molar-refractivity contribution in [2.75, 3.05) is 13.2 Å². The zero-order valence-electron chi connectivity index (χ0n) is 13.3. The van der Waals surface area contributed by atoms with Crippen molar-refractivity contribution < 1.29 is 40.2 Å². The van der Waals surface area contributed by atoms with Gasteiger partial charge in [-0.2, -0.15) is 13.2 Å². The van der Waals surface area contributed by atoms with Crippen LogP contribution in [0.5, 0.6) is 11.5 Å². The van der Waals surface area contributed by atoms with Crippen LogP contribution in [-0.2, 0) is 6.18 Å². The molecule has 0 aliphatic carbocycles. The molecule has 0 radical (unpaired) electrons. The Morgan fingerprint density at radius 1 is 0.926 bits per heavy atom. The molecule has 2 aromatic carbocycles. The largest absolute Gasteiger partial charge is 0.573 e. The first-order valence-electron chi connectivity index (χ1n) is 7.11. The van der Waals surface area contributed by atoms with Gasteiger partial charge in [0.15, 0.2) is 11.5 Å². The molecule has 150 valence electrons. The Hall–Kier alpha value is -2.20.